The quantitative estimate of drug-likeness (QED) is 0.766. The van der Waals surface area contributed by atoms with E-state index in [2.05, 4.69) is 19.0 Å². The minimum absolute atomic E-state index is 0.0650. The molecule has 3 fully saturated rings. The molecule has 0 aromatic carbocycles. The van der Waals surface area contributed by atoms with E-state index in [9.17, 15) is 8.42 Å². The smallest absolute Gasteiger partial charge is 0.216 e. The van der Waals surface area contributed by atoms with Crippen molar-refractivity contribution in [1.82, 2.24) is 9.21 Å². The summed E-state index contributed by atoms with van der Waals surface area (Å²) >= 11 is 0. The Balaban J connectivity index is 1.61. The van der Waals surface area contributed by atoms with Gasteiger partial charge in [0.15, 0.2) is 0 Å². The molecule has 3 rings (SSSR count). The first-order valence-electron chi connectivity index (χ1n) is 7.22. The van der Waals surface area contributed by atoms with Crippen LogP contribution in [-0.4, -0.2) is 68.3 Å². The number of ether oxygens (including phenoxy) is 1. The van der Waals surface area contributed by atoms with Gasteiger partial charge in [0.1, 0.15) is 0 Å². The molecule has 0 aromatic rings. The van der Waals surface area contributed by atoms with Crippen molar-refractivity contribution in [2.24, 2.45) is 0 Å². The molecule has 0 unspecified atom stereocenters. The summed E-state index contributed by atoms with van der Waals surface area (Å²) in [4.78, 5) is 2.21. The first-order chi connectivity index (χ1) is 8.93. The van der Waals surface area contributed by atoms with Crippen molar-refractivity contribution in [3.8, 4) is 0 Å². The van der Waals surface area contributed by atoms with Crippen molar-refractivity contribution >= 4 is 10.0 Å². The molecule has 0 N–H and O–H groups in total. The van der Waals surface area contributed by atoms with Crippen molar-refractivity contribution in [2.45, 2.75) is 49.0 Å². The molecule has 1 atom stereocenters. The summed E-state index contributed by atoms with van der Waals surface area (Å²) in [7, 11) is 1.17. The van der Waals surface area contributed by atoms with Crippen molar-refractivity contribution in [3.63, 3.8) is 0 Å². The Labute approximate surface area is 115 Å². The van der Waals surface area contributed by atoms with Gasteiger partial charge in [-0.05, 0) is 46.2 Å². The number of piperidine rings is 1. The molecule has 6 heteroatoms. The Hall–Kier alpha value is -0.170. The lowest BCUT2D eigenvalue weighted by molar-refractivity contribution is -0.0315. The summed E-state index contributed by atoms with van der Waals surface area (Å²) in [5, 5.41) is -0.0828. The van der Waals surface area contributed by atoms with Gasteiger partial charge in [-0.2, -0.15) is 0 Å². The van der Waals surface area contributed by atoms with E-state index in [0.29, 0.717) is 19.1 Å². The zero-order valence-electron chi connectivity index (χ0n) is 11.8. The number of hydrogen-bond acceptors (Lipinski definition) is 4. The molecule has 0 amide bonds. The van der Waals surface area contributed by atoms with Crippen LogP contribution >= 0.6 is 0 Å². The van der Waals surface area contributed by atoms with E-state index >= 15 is 0 Å². The molecule has 0 bridgehead atoms. The lowest BCUT2D eigenvalue weighted by Crippen LogP contribution is -2.47. The summed E-state index contributed by atoms with van der Waals surface area (Å²) in [6.45, 7) is 2.06. The van der Waals surface area contributed by atoms with E-state index in [0.717, 1.165) is 38.7 Å². The van der Waals surface area contributed by atoms with E-state index in [4.69, 9.17) is 4.74 Å². The Morgan fingerprint density at radius 1 is 1.21 bits per heavy atom. The fourth-order valence-electron chi connectivity index (χ4n) is 3.23. The zero-order valence-corrected chi connectivity index (χ0v) is 12.7. The number of nitrogens with zero attached hydrogens (tertiary/aromatic N) is 2. The first-order valence-corrected chi connectivity index (χ1v) is 8.73. The SMILES string of the molecule is CN(C)[C@H]1COC2(CCN(S(=O)(=O)C3CC3)CC2)C1. The van der Waals surface area contributed by atoms with Gasteiger partial charge in [0, 0.05) is 19.1 Å². The van der Waals surface area contributed by atoms with Crippen LogP contribution < -0.4 is 0 Å². The topological polar surface area (TPSA) is 49.9 Å². The number of sulfonamides is 1. The van der Waals surface area contributed by atoms with Gasteiger partial charge >= 0.3 is 0 Å². The number of likely N-dealkylation sites (N-methyl/N-ethyl adjacent to an activating group) is 1. The molecule has 0 aromatic heterocycles. The maximum Gasteiger partial charge on any atom is 0.216 e. The van der Waals surface area contributed by atoms with Crippen LogP contribution in [0.4, 0.5) is 0 Å². The molecule has 19 heavy (non-hydrogen) atoms. The minimum atomic E-state index is -3.00. The largest absolute Gasteiger partial charge is 0.373 e. The van der Waals surface area contributed by atoms with Gasteiger partial charge in [0.2, 0.25) is 10.0 Å². The summed E-state index contributed by atoms with van der Waals surface area (Å²) in [5.41, 5.74) is -0.0650. The molecule has 110 valence electrons. The van der Waals surface area contributed by atoms with Crippen molar-refractivity contribution in [1.29, 1.82) is 0 Å². The average Bonchev–Trinajstić information content (AvgIpc) is 3.14. The van der Waals surface area contributed by atoms with Gasteiger partial charge in [-0.25, -0.2) is 12.7 Å². The van der Waals surface area contributed by atoms with Crippen LogP contribution in [0.25, 0.3) is 0 Å². The molecule has 2 aliphatic heterocycles. The summed E-state index contributed by atoms with van der Waals surface area (Å²) in [6.07, 6.45) is 4.44. The molecule has 0 radical (unpaired) electrons. The lowest BCUT2D eigenvalue weighted by atomic mass is 9.88. The summed E-state index contributed by atoms with van der Waals surface area (Å²) in [5.74, 6) is 0. The van der Waals surface area contributed by atoms with Crippen molar-refractivity contribution in [3.05, 3.63) is 0 Å². The van der Waals surface area contributed by atoms with E-state index in [-0.39, 0.29) is 10.9 Å². The predicted octanol–water partition coefficient (Wildman–Crippen LogP) is 0.664. The molecule has 1 aliphatic carbocycles. The predicted molar refractivity (Wildman–Crippen MR) is 73.5 cm³/mol. The van der Waals surface area contributed by atoms with Crippen LogP contribution in [0.1, 0.15) is 32.1 Å². The zero-order chi connectivity index (χ0) is 13.7. The third kappa shape index (κ3) is 2.55. The standard InChI is InChI=1S/C13H24N2O3S/c1-14(2)11-9-13(18-10-11)5-7-15(8-6-13)19(16,17)12-3-4-12/h11-12H,3-10H2,1-2H3/t11-/m1/s1. The first kappa shape index (κ1) is 13.8. The highest BCUT2D eigenvalue weighted by atomic mass is 32.2. The van der Waals surface area contributed by atoms with Crippen LogP contribution in [0, 0.1) is 0 Å². The highest BCUT2D eigenvalue weighted by Gasteiger charge is 2.47. The second-order valence-corrected chi connectivity index (χ2v) is 8.67. The fraction of sp³-hybridized carbons (Fsp3) is 1.00. The minimum Gasteiger partial charge on any atom is -0.373 e. The maximum absolute atomic E-state index is 12.2. The Kier molecular flexibility index (Phi) is 3.40. The Morgan fingerprint density at radius 3 is 2.32 bits per heavy atom. The Bertz CT molecular complexity index is 437. The van der Waals surface area contributed by atoms with Crippen LogP contribution in [0.3, 0.4) is 0 Å². The Morgan fingerprint density at radius 2 is 1.84 bits per heavy atom. The van der Waals surface area contributed by atoms with Gasteiger partial charge in [0.25, 0.3) is 0 Å². The second-order valence-electron chi connectivity index (χ2n) is 6.46. The van der Waals surface area contributed by atoms with Gasteiger partial charge in [-0.1, -0.05) is 0 Å². The van der Waals surface area contributed by atoms with Gasteiger partial charge in [-0.3, -0.25) is 0 Å². The van der Waals surface area contributed by atoms with E-state index in [1.807, 2.05) is 0 Å². The van der Waals surface area contributed by atoms with Crippen LogP contribution in [0.2, 0.25) is 0 Å². The number of rotatable bonds is 3. The van der Waals surface area contributed by atoms with Crippen LogP contribution in [0.5, 0.6) is 0 Å². The monoisotopic (exact) mass is 288 g/mol. The molecular formula is C13H24N2O3S. The van der Waals surface area contributed by atoms with Gasteiger partial charge < -0.3 is 9.64 Å². The van der Waals surface area contributed by atoms with Crippen LogP contribution in [-0.2, 0) is 14.8 Å². The molecular weight excluding hydrogens is 264 g/mol. The van der Waals surface area contributed by atoms with E-state index < -0.39 is 10.0 Å². The molecule has 2 saturated heterocycles. The van der Waals surface area contributed by atoms with E-state index in [1.54, 1.807) is 4.31 Å². The summed E-state index contributed by atoms with van der Waals surface area (Å²) < 4.78 is 32.1. The molecule has 3 aliphatic rings. The van der Waals surface area contributed by atoms with Crippen molar-refractivity contribution in [2.75, 3.05) is 33.8 Å². The molecule has 1 spiro atoms. The van der Waals surface area contributed by atoms with Crippen LogP contribution in [0.15, 0.2) is 0 Å². The van der Waals surface area contributed by atoms with Crippen molar-refractivity contribution < 1.29 is 13.2 Å². The third-order valence-electron chi connectivity index (χ3n) is 4.86. The molecule has 5 nitrogen and oxygen atoms in total. The second kappa shape index (κ2) is 4.69. The van der Waals surface area contributed by atoms with E-state index in [1.165, 1.54) is 0 Å². The maximum atomic E-state index is 12.2. The fourth-order valence-corrected chi connectivity index (χ4v) is 5.07. The average molecular weight is 288 g/mol. The normalized spacial score (nSPS) is 32.3. The number of hydrogen-bond donors (Lipinski definition) is 0. The lowest BCUT2D eigenvalue weighted by Gasteiger charge is -2.38. The van der Waals surface area contributed by atoms with Gasteiger partial charge in [-0.15, -0.1) is 0 Å². The highest BCUT2D eigenvalue weighted by molar-refractivity contribution is 7.90. The highest BCUT2D eigenvalue weighted by Crippen LogP contribution is 2.39. The molecule has 1 saturated carbocycles. The summed E-state index contributed by atoms with van der Waals surface area (Å²) in [6, 6.07) is 0.478. The molecule has 2 heterocycles. The third-order valence-corrected chi connectivity index (χ3v) is 7.26. The van der Waals surface area contributed by atoms with Gasteiger partial charge in [0.05, 0.1) is 17.5 Å².